The molecule has 1 heterocycles. The highest BCUT2D eigenvalue weighted by Gasteiger charge is 2.24. The molecule has 1 aromatic heterocycles. The van der Waals surface area contributed by atoms with Crippen LogP contribution >= 0.6 is 0 Å². The number of aryl methyl sites for hydroxylation is 1. The van der Waals surface area contributed by atoms with Gasteiger partial charge in [0, 0.05) is 11.1 Å². The van der Waals surface area contributed by atoms with Gasteiger partial charge in [-0.2, -0.15) is 0 Å². The maximum atomic E-state index is 13.7. The summed E-state index contributed by atoms with van der Waals surface area (Å²) in [6.07, 6.45) is 0. The number of para-hydroxylation sites is 1. The molecule has 0 aliphatic heterocycles. The highest BCUT2D eigenvalue weighted by Crippen LogP contribution is 2.28. The van der Waals surface area contributed by atoms with Crippen molar-refractivity contribution < 1.29 is 9.53 Å². The van der Waals surface area contributed by atoms with Crippen LogP contribution in [0, 0.1) is 6.92 Å². The molecule has 0 fully saturated rings. The predicted molar refractivity (Wildman–Crippen MR) is 114 cm³/mol. The molecule has 0 bridgehead atoms. The number of hydrogen-bond donors (Lipinski definition) is 0. The van der Waals surface area contributed by atoms with Gasteiger partial charge in [0.05, 0.1) is 12.1 Å². The lowest BCUT2D eigenvalue weighted by Crippen LogP contribution is -2.15. The van der Waals surface area contributed by atoms with Gasteiger partial charge in [-0.05, 0) is 26.0 Å². The maximum absolute atomic E-state index is 13.7. The van der Waals surface area contributed by atoms with E-state index < -0.39 is 0 Å². The van der Waals surface area contributed by atoms with Crippen molar-refractivity contribution in [1.82, 2.24) is 15.0 Å². The highest BCUT2D eigenvalue weighted by atomic mass is 16.5. The molecule has 0 spiro atoms. The number of benzene rings is 3. The fourth-order valence-corrected chi connectivity index (χ4v) is 3.19. The number of fused-ring (bicyclic) bond motifs is 1. The Morgan fingerprint density at radius 3 is 2.31 bits per heavy atom. The van der Waals surface area contributed by atoms with E-state index in [2.05, 4.69) is 10.3 Å². The summed E-state index contributed by atoms with van der Waals surface area (Å²) in [5.74, 6) is 0.308. The van der Waals surface area contributed by atoms with E-state index in [4.69, 9.17) is 4.74 Å². The summed E-state index contributed by atoms with van der Waals surface area (Å²) >= 11 is 0. The van der Waals surface area contributed by atoms with Crippen molar-refractivity contribution in [2.75, 3.05) is 6.61 Å². The molecule has 5 nitrogen and oxygen atoms in total. The Morgan fingerprint density at radius 1 is 0.897 bits per heavy atom. The number of allylic oxidation sites excluding steroid dienone is 1. The van der Waals surface area contributed by atoms with Crippen LogP contribution in [0.1, 0.15) is 28.4 Å². The SMILES string of the molecule is CCO/C(=C(\C(=O)c1ccc(C)cc1)n1nnc2ccccc21)c1ccccc1. The summed E-state index contributed by atoms with van der Waals surface area (Å²) < 4.78 is 7.58. The second-order valence-electron chi connectivity index (χ2n) is 6.66. The zero-order valence-electron chi connectivity index (χ0n) is 16.4. The van der Waals surface area contributed by atoms with Gasteiger partial charge in [0.25, 0.3) is 0 Å². The number of carbonyl (C=O) groups is 1. The van der Waals surface area contributed by atoms with E-state index >= 15 is 0 Å². The van der Waals surface area contributed by atoms with Crippen molar-refractivity contribution in [2.24, 2.45) is 0 Å². The van der Waals surface area contributed by atoms with E-state index in [-0.39, 0.29) is 5.78 Å². The Bertz CT molecular complexity index is 1180. The van der Waals surface area contributed by atoms with Gasteiger partial charge in [0.2, 0.25) is 5.78 Å². The first-order valence-electron chi connectivity index (χ1n) is 9.53. The fraction of sp³-hybridized carbons (Fsp3) is 0.125. The Labute approximate surface area is 169 Å². The maximum Gasteiger partial charge on any atom is 0.215 e. The zero-order valence-corrected chi connectivity index (χ0v) is 16.4. The molecule has 0 saturated heterocycles. The molecule has 0 aliphatic rings. The largest absolute Gasteiger partial charge is 0.491 e. The molecule has 0 saturated carbocycles. The molecule has 5 heteroatoms. The molecule has 0 N–H and O–H groups in total. The Kier molecular flexibility index (Phi) is 5.20. The fourth-order valence-electron chi connectivity index (χ4n) is 3.19. The molecule has 29 heavy (non-hydrogen) atoms. The number of ketones is 1. The third-order valence-electron chi connectivity index (χ3n) is 4.63. The molecule has 0 aliphatic carbocycles. The number of aromatic nitrogens is 3. The number of hydrogen-bond acceptors (Lipinski definition) is 4. The van der Waals surface area contributed by atoms with Gasteiger partial charge in [0.1, 0.15) is 5.52 Å². The minimum Gasteiger partial charge on any atom is -0.491 e. The van der Waals surface area contributed by atoms with E-state index in [1.165, 1.54) is 0 Å². The molecule has 144 valence electrons. The van der Waals surface area contributed by atoms with Crippen LogP contribution in [0.4, 0.5) is 0 Å². The van der Waals surface area contributed by atoms with Crippen molar-refractivity contribution in [2.45, 2.75) is 13.8 Å². The van der Waals surface area contributed by atoms with Crippen LogP contribution in [0.3, 0.4) is 0 Å². The van der Waals surface area contributed by atoms with Crippen LogP contribution in [0.15, 0.2) is 78.9 Å². The average molecular weight is 383 g/mol. The van der Waals surface area contributed by atoms with Crippen molar-refractivity contribution in [3.05, 3.63) is 95.6 Å². The summed E-state index contributed by atoms with van der Waals surface area (Å²) in [7, 11) is 0. The first-order valence-corrected chi connectivity index (χ1v) is 9.53. The molecular weight excluding hydrogens is 362 g/mol. The van der Waals surface area contributed by atoms with E-state index in [0.717, 1.165) is 16.6 Å². The summed E-state index contributed by atoms with van der Waals surface area (Å²) in [5, 5.41) is 8.53. The first-order chi connectivity index (χ1) is 14.2. The van der Waals surface area contributed by atoms with Gasteiger partial charge in [-0.25, -0.2) is 4.68 Å². The van der Waals surface area contributed by atoms with Crippen LogP contribution in [-0.4, -0.2) is 27.4 Å². The number of rotatable bonds is 6. The molecule has 0 atom stereocenters. The Morgan fingerprint density at radius 2 is 1.59 bits per heavy atom. The smallest absolute Gasteiger partial charge is 0.215 e. The molecule has 0 unspecified atom stereocenters. The molecule has 4 aromatic rings. The molecular formula is C24H21N3O2. The standard InChI is InChI=1S/C24H21N3O2/c1-3-29-24(19-9-5-4-6-10-19)22(23(28)18-15-13-17(2)14-16-18)27-21-12-8-7-11-20(21)25-26-27/h4-16H,3H2,1-2H3/b24-22+. The molecule has 3 aromatic carbocycles. The monoisotopic (exact) mass is 383 g/mol. The average Bonchev–Trinajstić information content (AvgIpc) is 3.18. The van der Waals surface area contributed by atoms with Gasteiger partial charge < -0.3 is 4.74 Å². The first kappa shape index (κ1) is 18.6. The third kappa shape index (κ3) is 3.67. The quantitative estimate of drug-likeness (QED) is 0.268. The summed E-state index contributed by atoms with van der Waals surface area (Å²) in [5.41, 5.74) is 4.27. The normalized spacial score (nSPS) is 11.9. The summed E-state index contributed by atoms with van der Waals surface area (Å²) in [4.78, 5) is 13.7. The topological polar surface area (TPSA) is 57.0 Å². The molecule has 0 amide bonds. The van der Waals surface area contributed by atoms with Crippen LogP contribution in [0.5, 0.6) is 0 Å². The van der Waals surface area contributed by atoms with E-state index in [9.17, 15) is 4.79 Å². The van der Waals surface area contributed by atoms with Gasteiger partial charge in [0.15, 0.2) is 11.5 Å². The van der Waals surface area contributed by atoms with E-state index in [1.54, 1.807) is 4.68 Å². The molecule has 4 rings (SSSR count). The predicted octanol–water partition coefficient (Wildman–Crippen LogP) is 4.98. The Hall–Kier alpha value is -3.73. The minimum absolute atomic E-state index is 0.173. The van der Waals surface area contributed by atoms with E-state index in [1.807, 2.05) is 92.7 Å². The second kappa shape index (κ2) is 8.10. The van der Waals surface area contributed by atoms with Crippen LogP contribution < -0.4 is 0 Å². The minimum atomic E-state index is -0.173. The number of Topliss-reactive ketones (excluding diaryl/α,β-unsaturated/α-hetero) is 1. The summed E-state index contributed by atoms with van der Waals surface area (Å²) in [6, 6.07) is 24.7. The third-order valence-corrected chi connectivity index (χ3v) is 4.63. The lowest BCUT2D eigenvalue weighted by Gasteiger charge is -2.16. The van der Waals surface area contributed by atoms with Crippen molar-refractivity contribution in [3.63, 3.8) is 0 Å². The van der Waals surface area contributed by atoms with Crippen LogP contribution in [-0.2, 0) is 4.74 Å². The Balaban J connectivity index is 2.00. The number of nitrogens with zero attached hydrogens (tertiary/aromatic N) is 3. The van der Waals surface area contributed by atoms with E-state index in [0.29, 0.717) is 29.1 Å². The second-order valence-corrected chi connectivity index (χ2v) is 6.66. The van der Waals surface area contributed by atoms with Gasteiger partial charge in [-0.3, -0.25) is 4.79 Å². The van der Waals surface area contributed by atoms with Gasteiger partial charge >= 0.3 is 0 Å². The van der Waals surface area contributed by atoms with Crippen molar-refractivity contribution in [1.29, 1.82) is 0 Å². The van der Waals surface area contributed by atoms with Crippen LogP contribution in [0.25, 0.3) is 22.5 Å². The van der Waals surface area contributed by atoms with Crippen molar-refractivity contribution >= 4 is 28.3 Å². The van der Waals surface area contributed by atoms with Crippen molar-refractivity contribution in [3.8, 4) is 0 Å². The lowest BCUT2D eigenvalue weighted by atomic mass is 10.0. The van der Waals surface area contributed by atoms with Gasteiger partial charge in [-0.1, -0.05) is 77.5 Å². The lowest BCUT2D eigenvalue weighted by molar-refractivity contribution is 0.104. The molecule has 0 radical (unpaired) electrons. The zero-order chi connectivity index (χ0) is 20.2. The number of carbonyl (C=O) groups excluding carboxylic acids is 1. The number of ether oxygens (including phenoxy) is 1. The van der Waals surface area contributed by atoms with Crippen LogP contribution in [0.2, 0.25) is 0 Å². The van der Waals surface area contributed by atoms with Gasteiger partial charge in [-0.15, -0.1) is 5.10 Å². The highest BCUT2D eigenvalue weighted by molar-refractivity contribution is 6.29. The summed E-state index contributed by atoms with van der Waals surface area (Å²) in [6.45, 7) is 4.31.